The van der Waals surface area contributed by atoms with Crippen molar-refractivity contribution in [3.63, 3.8) is 0 Å². The van der Waals surface area contributed by atoms with E-state index in [0.717, 1.165) is 0 Å². The molecule has 1 saturated heterocycles. The van der Waals surface area contributed by atoms with Gasteiger partial charge in [-0.15, -0.1) is 0 Å². The van der Waals surface area contributed by atoms with Crippen molar-refractivity contribution in [2.45, 2.75) is 26.6 Å². The summed E-state index contributed by atoms with van der Waals surface area (Å²) in [6.45, 7) is 6.38. The van der Waals surface area contributed by atoms with Gasteiger partial charge in [0.15, 0.2) is 5.79 Å². The molecule has 0 saturated carbocycles. The first-order chi connectivity index (χ1) is 5.06. The Kier molecular flexibility index (Phi) is 2.30. The summed E-state index contributed by atoms with van der Waals surface area (Å²) in [4.78, 5) is 11.0. The number of rotatable bonds is 2. The van der Waals surface area contributed by atoms with Crippen LogP contribution in [0.5, 0.6) is 0 Å². The molecule has 0 spiro atoms. The average Bonchev–Trinajstić information content (AvgIpc) is 2.35. The van der Waals surface area contributed by atoms with Crippen molar-refractivity contribution in [3.8, 4) is 0 Å². The van der Waals surface area contributed by atoms with Gasteiger partial charge in [-0.1, -0.05) is 6.92 Å². The van der Waals surface area contributed by atoms with E-state index in [1.54, 1.807) is 6.92 Å². The third kappa shape index (κ3) is 1.60. The van der Waals surface area contributed by atoms with Crippen molar-refractivity contribution < 1.29 is 14.3 Å². The maximum Gasteiger partial charge on any atom is 0.175 e. The van der Waals surface area contributed by atoms with Gasteiger partial charge < -0.3 is 9.47 Å². The topological polar surface area (TPSA) is 35.5 Å². The molecule has 3 heteroatoms. The van der Waals surface area contributed by atoms with Crippen LogP contribution in [0.25, 0.3) is 0 Å². The zero-order chi connectivity index (χ0) is 8.48. The third-order valence-electron chi connectivity index (χ3n) is 2.26. The Morgan fingerprint density at radius 3 is 2.27 bits per heavy atom. The number of hydrogen-bond donors (Lipinski definition) is 0. The molecule has 11 heavy (non-hydrogen) atoms. The van der Waals surface area contributed by atoms with E-state index in [1.807, 2.05) is 13.8 Å². The van der Waals surface area contributed by atoms with E-state index in [2.05, 4.69) is 0 Å². The maximum absolute atomic E-state index is 11.0. The summed E-state index contributed by atoms with van der Waals surface area (Å²) in [7, 11) is 0. The summed E-state index contributed by atoms with van der Waals surface area (Å²) in [5.41, 5.74) is 0. The Morgan fingerprint density at radius 1 is 1.45 bits per heavy atom. The lowest BCUT2D eigenvalue weighted by atomic mass is 9.98. The first kappa shape index (κ1) is 8.68. The van der Waals surface area contributed by atoms with Gasteiger partial charge in [0.1, 0.15) is 5.78 Å². The molecule has 0 radical (unpaired) electrons. The maximum atomic E-state index is 11.0. The fourth-order valence-electron chi connectivity index (χ4n) is 1.15. The van der Waals surface area contributed by atoms with Crippen molar-refractivity contribution >= 4 is 5.78 Å². The fraction of sp³-hybridized carbons (Fsp3) is 0.875. The minimum Gasteiger partial charge on any atom is -0.347 e. The summed E-state index contributed by atoms with van der Waals surface area (Å²) in [5.74, 6) is -0.745. The minimum absolute atomic E-state index is 0.106. The lowest BCUT2D eigenvalue weighted by Gasteiger charge is -2.27. The third-order valence-corrected chi connectivity index (χ3v) is 2.26. The van der Waals surface area contributed by atoms with Gasteiger partial charge in [0.2, 0.25) is 0 Å². The van der Waals surface area contributed by atoms with Crippen LogP contribution in [0.1, 0.15) is 20.8 Å². The summed E-state index contributed by atoms with van der Waals surface area (Å²) in [5, 5.41) is 0. The zero-order valence-corrected chi connectivity index (χ0v) is 7.22. The van der Waals surface area contributed by atoms with Crippen LogP contribution in [0.2, 0.25) is 0 Å². The molecular formula is C8H14O3. The molecule has 1 rings (SSSR count). The molecule has 1 fully saturated rings. The van der Waals surface area contributed by atoms with Gasteiger partial charge in [-0.25, -0.2) is 0 Å². The monoisotopic (exact) mass is 158 g/mol. The van der Waals surface area contributed by atoms with Crippen molar-refractivity contribution in [1.82, 2.24) is 0 Å². The van der Waals surface area contributed by atoms with Crippen LogP contribution in [0.15, 0.2) is 0 Å². The highest BCUT2D eigenvalue weighted by atomic mass is 16.7. The van der Waals surface area contributed by atoms with Crippen LogP contribution in [-0.2, 0) is 14.3 Å². The minimum atomic E-state index is -0.675. The molecule has 64 valence electrons. The Balaban J connectivity index is 2.63. The summed E-state index contributed by atoms with van der Waals surface area (Å²) in [6, 6.07) is 0. The molecule has 0 aromatic carbocycles. The molecule has 0 aromatic rings. The van der Waals surface area contributed by atoms with E-state index in [4.69, 9.17) is 9.47 Å². The number of carbonyl (C=O) groups is 1. The fourth-order valence-corrected chi connectivity index (χ4v) is 1.15. The number of ketones is 1. The van der Waals surface area contributed by atoms with Gasteiger partial charge in [-0.2, -0.15) is 0 Å². The molecule has 1 heterocycles. The second-order valence-corrected chi connectivity index (χ2v) is 3.05. The summed E-state index contributed by atoms with van der Waals surface area (Å²) in [6.07, 6.45) is 0. The molecule has 0 unspecified atom stereocenters. The Bertz CT molecular complexity index is 159. The van der Waals surface area contributed by atoms with E-state index >= 15 is 0 Å². The molecule has 0 amide bonds. The van der Waals surface area contributed by atoms with Crippen LogP contribution in [0, 0.1) is 5.92 Å². The van der Waals surface area contributed by atoms with E-state index in [-0.39, 0.29) is 11.7 Å². The largest absolute Gasteiger partial charge is 0.347 e. The SMILES string of the molecule is CC(=O)[C@H](C)C1(C)OCCO1. The first-order valence-corrected chi connectivity index (χ1v) is 3.84. The van der Waals surface area contributed by atoms with Gasteiger partial charge in [0, 0.05) is 0 Å². The summed E-state index contributed by atoms with van der Waals surface area (Å²) >= 11 is 0. The predicted molar refractivity (Wildman–Crippen MR) is 40.2 cm³/mol. The molecular weight excluding hydrogens is 144 g/mol. The molecule has 1 aliphatic rings. The number of Topliss-reactive ketones (excluding diaryl/α,β-unsaturated/α-hetero) is 1. The molecule has 1 aliphatic heterocycles. The smallest absolute Gasteiger partial charge is 0.175 e. The van der Waals surface area contributed by atoms with Crippen molar-refractivity contribution in [1.29, 1.82) is 0 Å². The standard InChI is InChI=1S/C8H14O3/c1-6(7(2)9)8(3)10-4-5-11-8/h6H,4-5H2,1-3H3/t6-/m0/s1. The Hall–Kier alpha value is -0.410. The predicted octanol–water partition coefficient (Wildman–Crippen LogP) is 0.974. The zero-order valence-electron chi connectivity index (χ0n) is 7.22. The highest BCUT2D eigenvalue weighted by Crippen LogP contribution is 2.27. The Morgan fingerprint density at radius 2 is 1.91 bits per heavy atom. The lowest BCUT2D eigenvalue weighted by molar-refractivity contribution is -0.181. The second-order valence-electron chi connectivity index (χ2n) is 3.05. The van der Waals surface area contributed by atoms with Gasteiger partial charge in [0.25, 0.3) is 0 Å². The molecule has 0 aliphatic carbocycles. The number of hydrogen-bond acceptors (Lipinski definition) is 3. The highest BCUT2D eigenvalue weighted by Gasteiger charge is 2.39. The second kappa shape index (κ2) is 2.91. The van der Waals surface area contributed by atoms with E-state index < -0.39 is 5.79 Å². The van der Waals surface area contributed by atoms with Crippen molar-refractivity contribution in [3.05, 3.63) is 0 Å². The molecule has 0 N–H and O–H groups in total. The van der Waals surface area contributed by atoms with Crippen LogP contribution in [0.3, 0.4) is 0 Å². The molecule has 0 aromatic heterocycles. The quantitative estimate of drug-likeness (QED) is 0.600. The first-order valence-electron chi connectivity index (χ1n) is 3.84. The molecule has 3 nitrogen and oxygen atoms in total. The van der Waals surface area contributed by atoms with Gasteiger partial charge in [-0.05, 0) is 13.8 Å². The normalized spacial score (nSPS) is 25.0. The van der Waals surface area contributed by atoms with Gasteiger partial charge >= 0.3 is 0 Å². The summed E-state index contributed by atoms with van der Waals surface area (Å²) < 4.78 is 10.6. The van der Waals surface area contributed by atoms with E-state index in [0.29, 0.717) is 13.2 Å². The molecule has 1 atom stereocenters. The lowest BCUT2D eigenvalue weighted by Crippen LogP contribution is -2.37. The Labute approximate surface area is 66.7 Å². The number of ether oxygens (including phenoxy) is 2. The van der Waals surface area contributed by atoms with Gasteiger partial charge in [0.05, 0.1) is 19.1 Å². The average molecular weight is 158 g/mol. The van der Waals surface area contributed by atoms with Crippen molar-refractivity contribution in [2.75, 3.05) is 13.2 Å². The van der Waals surface area contributed by atoms with Gasteiger partial charge in [-0.3, -0.25) is 4.79 Å². The van der Waals surface area contributed by atoms with E-state index in [9.17, 15) is 4.79 Å². The highest BCUT2D eigenvalue weighted by molar-refractivity contribution is 5.78. The number of carbonyl (C=O) groups excluding carboxylic acids is 1. The van der Waals surface area contributed by atoms with E-state index in [1.165, 1.54) is 0 Å². The van der Waals surface area contributed by atoms with Crippen molar-refractivity contribution in [2.24, 2.45) is 5.92 Å². The van der Waals surface area contributed by atoms with Crippen LogP contribution in [0.4, 0.5) is 0 Å². The molecule has 0 bridgehead atoms. The van der Waals surface area contributed by atoms with Crippen LogP contribution >= 0.6 is 0 Å². The van der Waals surface area contributed by atoms with Crippen LogP contribution < -0.4 is 0 Å². The van der Waals surface area contributed by atoms with Crippen LogP contribution in [-0.4, -0.2) is 24.8 Å².